The topological polar surface area (TPSA) is 85.3 Å². The predicted molar refractivity (Wildman–Crippen MR) is 104 cm³/mol. The lowest BCUT2D eigenvalue weighted by atomic mass is 10.2. The number of amides is 1. The average molecular weight is 388 g/mol. The van der Waals surface area contributed by atoms with Crippen molar-refractivity contribution in [3.05, 3.63) is 0 Å². The lowest BCUT2D eigenvalue weighted by Crippen LogP contribution is -2.57. The fourth-order valence-electron chi connectivity index (χ4n) is 3.55. The summed E-state index contributed by atoms with van der Waals surface area (Å²) in [6.07, 6.45) is 4.06. The van der Waals surface area contributed by atoms with Gasteiger partial charge in [-0.2, -0.15) is 0 Å². The smallest absolute Gasteiger partial charge is 0.239 e. The highest BCUT2D eigenvalue weighted by Crippen LogP contribution is 2.14. The van der Waals surface area contributed by atoms with Crippen LogP contribution < -0.4 is 5.32 Å². The van der Waals surface area contributed by atoms with Gasteiger partial charge in [0.05, 0.1) is 11.8 Å². The van der Waals surface area contributed by atoms with Crippen molar-refractivity contribution < 1.29 is 13.2 Å². The lowest BCUT2D eigenvalue weighted by molar-refractivity contribution is -0.135. The first-order chi connectivity index (χ1) is 12.3. The van der Waals surface area contributed by atoms with Crippen LogP contribution in [0.5, 0.6) is 0 Å². The standard InChI is InChI=1S/C17H33N5O3S/c1-15(16(23)21-8-4-5-9-21)20-10-12-22(13-11-20)17(18-2)19-7-6-14-26(3,24)25/h15H,4-14H2,1-3H3,(H,18,19). The molecule has 2 rings (SSSR count). The summed E-state index contributed by atoms with van der Waals surface area (Å²) < 4.78 is 22.4. The zero-order valence-corrected chi connectivity index (χ0v) is 17.1. The summed E-state index contributed by atoms with van der Waals surface area (Å²) in [5.41, 5.74) is 0. The molecule has 0 spiro atoms. The Bertz CT molecular complexity index is 594. The van der Waals surface area contributed by atoms with Crippen molar-refractivity contribution in [2.24, 2.45) is 4.99 Å². The number of carbonyl (C=O) groups is 1. The first kappa shape index (κ1) is 21.0. The molecule has 0 bridgehead atoms. The second-order valence-electron chi connectivity index (χ2n) is 7.19. The minimum Gasteiger partial charge on any atom is -0.356 e. The van der Waals surface area contributed by atoms with Crippen molar-refractivity contribution in [3.63, 3.8) is 0 Å². The summed E-state index contributed by atoms with van der Waals surface area (Å²) in [5, 5.41) is 3.24. The van der Waals surface area contributed by atoms with E-state index in [0.29, 0.717) is 13.0 Å². The van der Waals surface area contributed by atoms with Gasteiger partial charge in [-0.3, -0.25) is 14.7 Å². The molecular weight excluding hydrogens is 354 g/mol. The number of likely N-dealkylation sites (tertiary alicyclic amines) is 1. The number of guanidine groups is 1. The Hall–Kier alpha value is -1.35. The van der Waals surface area contributed by atoms with Gasteiger partial charge in [0.2, 0.25) is 5.91 Å². The van der Waals surface area contributed by atoms with Gasteiger partial charge in [-0.05, 0) is 26.2 Å². The van der Waals surface area contributed by atoms with Crippen LogP contribution in [-0.4, -0.2) is 106 Å². The van der Waals surface area contributed by atoms with Crippen LogP contribution in [0.25, 0.3) is 0 Å². The average Bonchev–Trinajstić information content (AvgIpc) is 3.14. The van der Waals surface area contributed by atoms with E-state index in [9.17, 15) is 13.2 Å². The summed E-state index contributed by atoms with van der Waals surface area (Å²) >= 11 is 0. The Kier molecular flexibility index (Phi) is 7.69. The quantitative estimate of drug-likeness (QED) is 0.380. The summed E-state index contributed by atoms with van der Waals surface area (Å²) in [7, 11) is -1.18. The van der Waals surface area contributed by atoms with E-state index in [1.54, 1.807) is 7.05 Å². The maximum absolute atomic E-state index is 12.6. The molecule has 8 nitrogen and oxygen atoms in total. The molecule has 1 amide bonds. The Balaban J connectivity index is 1.76. The molecule has 9 heteroatoms. The van der Waals surface area contributed by atoms with Crippen LogP contribution in [0.15, 0.2) is 4.99 Å². The third kappa shape index (κ3) is 6.12. The van der Waals surface area contributed by atoms with E-state index in [0.717, 1.165) is 58.1 Å². The minimum absolute atomic E-state index is 0.0695. The Morgan fingerprint density at radius 2 is 1.69 bits per heavy atom. The van der Waals surface area contributed by atoms with Crippen LogP contribution in [0, 0.1) is 0 Å². The first-order valence-corrected chi connectivity index (χ1v) is 11.5. The number of hydrogen-bond acceptors (Lipinski definition) is 5. The summed E-state index contributed by atoms with van der Waals surface area (Å²) in [6, 6.07) is -0.0695. The van der Waals surface area contributed by atoms with E-state index in [1.807, 2.05) is 11.8 Å². The number of carbonyl (C=O) groups excluding carboxylic acids is 1. The van der Waals surface area contributed by atoms with E-state index in [1.165, 1.54) is 6.26 Å². The van der Waals surface area contributed by atoms with Gasteiger partial charge in [0.15, 0.2) is 5.96 Å². The number of nitrogens with zero attached hydrogens (tertiary/aromatic N) is 4. The van der Waals surface area contributed by atoms with E-state index in [-0.39, 0.29) is 17.7 Å². The normalized spacial score (nSPS) is 21.1. The number of hydrogen-bond donors (Lipinski definition) is 1. The molecule has 0 aromatic rings. The molecule has 26 heavy (non-hydrogen) atoms. The van der Waals surface area contributed by atoms with E-state index < -0.39 is 9.84 Å². The molecule has 0 aliphatic carbocycles. The third-order valence-corrected chi connectivity index (χ3v) is 6.15. The van der Waals surface area contributed by atoms with Gasteiger partial charge in [0.25, 0.3) is 0 Å². The predicted octanol–water partition coefficient (Wildman–Crippen LogP) is -0.375. The number of aliphatic imine (C=N–C) groups is 1. The molecule has 2 saturated heterocycles. The summed E-state index contributed by atoms with van der Waals surface area (Å²) in [4.78, 5) is 23.3. The van der Waals surface area contributed by atoms with Crippen LogP contribution >= 0.6 is 0 Å². The molecule has 0 radical (unpaired) electrons. The second kappa shape index (κ2) is 9.55. The van der Waals surface area contributed by atoms with Gasteiger partial charge in [-0.1, -0.05) is 0 Å². The van der Waals surface area contributed by atoms with Crippen LogP contribution in [0.2, 0.25) is 0 Å². The molecule has 0 aromatic carbocycles. The van der Waals surface area contributed by atoms with Gasteiger partial charge < -0.3 is 15.1 Å². The highest BCUT2D eigenvalue weighted by atomic mass is 32.2. The highest BCUT2D eigenvalue weighted by molar-refractivity contribution is 7.90. The van der Waals surface area contributed by atoms with E-state index in [4.69, 9.17) is 0 Å². The van der Waals surface area contributed by atoms with Gasteiger partial charge in [0.1, 0.15) is 9.84 Å². The SMILES string of the molecule is CN=C(NCCCS(C)(=O)=O)N1CCN(C(C)C(=O)N2CCCC2)CC1. The van der Waals surface area contributed by atoms with E-state index >= 15 is 0 Å². The van der Waals surface area contributed by atoms with Gasteiger partial charge in [-0.15, -0.1) is 0 Å². The molecule has 1 N–H and O–H groups in total. The fourth-order valence-corrected chi connectivity index (χ4v) is 4.21. The summed E-state index contributed by atoms with van der Waals surface area (Å²) in [5.74, 6) is 1.23. The molecule has 2 aliphatic rings. The monoisotopic (exact) mass is 387 g/mol. The van der Waals surface area contributed by atoms with E-state index in [2.05, 4.69) is 20.1 Å². The first-order valence-electron chi connectivity index (χ1n) is 9.48. The van der Waals surface area contributed by atoms with Crippen LogP contribution in [0.4, 0.5) is 0 Å². The molecule has 0 aromatic heterocycles. The molecule has 2 aliphatic heterocycles. The largest absolute Gasteiger partial charge is 0.356 e. The second-order valence-corrected chi connectivity index (χ2v) is 9.45. The fraction of sp³-hybridized carbons (Fsp3) is 0.882. The maximum Gasteiger partial charge on any atom is 0.239 e. The van der Waals surface area contributed by atoms with Crippen LogP contribution in [-0.2, 0) is 14.6 Å². The third-order valence-electron chi connectivity index (χ3n) is 5.12. The number of sulfone groups is 1. The number of nitrogens with one attached hydrogen (secondary N) is 1. The number of rotatable bonds is 6. The highest BCUT2D eigenvalue weighted by Gasteiger charge is 2.30. The van der Waals surface area contributed by atoms with Crippen LogP contribution in [0.3, 0.4) is 0 Å². The Morgan fingerprint density at radius 1 is 1.08 bits per heavy atom. The Morgan fingerprint density at radius 3 is 2.23 bits per heavy atom. The van der Waals surface area contributed by atoms with Gasteiger partial charge in [-0.25, -0.2) is 8.42 Å². The van der Waals surface area contributed by atoms with Crippen molar-refractivity contribution in [2.75, 3.05) is 64.9 Å². The van der Waals surface area contributed by atoms with Crippen molar-refractivity contribution in [2.45, 2.75) is 32.2 Å². The molecule has 0 saturated carbocycles. The Labute approximate surface area is 157 Å². The molecule has 1 unspecified atom stereocenters. The molecule has 150 valence electrons. The van der Waals surface area contributed by atoms with Crippen molar-refractivity contribution in [1.29, 1.82) is 0 Å². The molecule has 2 fully saturated rings. The summed E-state index contributed by atoms with van der Waals surface area (Å²) in [6.45, 7) is 7.65. The van der Waals surface area contributed by atoms with Crippen LogP contribution in [0.1, 0.15) is 26.2 Å². The molecular formula is C17H33N5O3S. The van der Waals surface area contributed by atoms with Crippen molar-refractivity contribution >= 4 is 21.7 Å². The lowest BCUT2D eigenvalue weighted by Gasteiger charge is -2.39. The zero-order chi connectivity index (χ0) is 19.2. The molecule has 1 atom stereocenters. The molecule has 2 heterocycles. The minimum atomic E-state index is -2.92. The zero-order valence-electron chi connectivity index (χ0n) is 16.3. The van der Waals surface area contributed by atoms with Gasteiger partial charge >= 0.3 is 0 Å². The van der Waals surface area contributed by atoms with Gasteiger partial charge in [0, 0.05) is 59.1 Å². The van der Waals surface area contributed by atoms with Crippen molar-refractivity contribution in [3.8, 4) is 0 Å². The maximum atomic E-state index is 12.6. The van der Waals surface area contributed by atoms with Crippen molar-refractivity contribution in [1.82, 2.24) is 20.0 Å². The number of piperazine rings is 1.